The van der Waals surface area contributed by atoms with Crippen LogP contribution < -0.4 is 10.1 Å². The number of nitrogens with one attached hydrogen (secondary N) is 1. The highest BCUT2D eigenvalue weighted by atomic mass is 35.5. The van der Waals surface area contributed by atoms with Gasteiger partial charge < -0.3 is 15.0 Å². The normalized spacial score (nSPS) is 21.2. The van der Waals surface area contributed by atoms with E-state index in [4.69, 9.17) is 27.9 Å². The first-order valence-corrected chi connectivity index (χ1v) is 9.97. The number of hydrogen-bond acceptors (Lipinski definition) is 3. The molecule has 7 heteroatoms. The van der Waals surface area contributed by atoms with Gasteiger partial charge in [-0.3, -0.25) is 4.79 Å². The lowest BCUT2D eigenvalue weighted by Crippen LogP contribution is -2.44. The van der Waals surface area contributed by atoms with Crippen molar-refractivity contribution in [2.24, 2.45) is 5.92 Å². The van der Waals surface area contributed by atoms with Crippen molar-refractivity contribution in [1.82, 2.24) is 10.2 Å². The average Bonchev–Trinajstić information content (AvgIpc) is 2.64. The van der Waals surface area contributed by atoms with Crippen molar-refractivity contribution in [3.8, 4) is 5.75 Å². The summed E-state index contributed by atoms with van der Waals surface area (Å²) >= 11 is 12.0. The Balaban J connectivity index is 0.00000243. The van der Waals surface area contributed by atoms with E-state index in [0.717, 1.165) is 38.9 Å². The second-order valence-electron chi connectivity index (χ2n) is 7.03. The number of piperidine rings is 2. The van der Waals surface area contributed by atoms with E-state index in [1.54, 1.807) is 12.1 Å². The van der Waals surface area contributed by atoms with Crippen LogP contribution in [0.4, 0.5) is 0 Å². The zero-order chi connectivity index (χ0) is 17.6. The van der Waals surface area contributed by atoms with Crippen molar-refractivity contribution >= 4 is 41.5 Å². The second-order valence-corrected chi connectivity index (χ2v) is 7.84. The third-order valence-corrected chi connectivity index (χ3v) is 5.89. The number of amides is 1. The molecule has 1 amide bonds. The van der Waals surface area contributed by atoms with E-state index in [1.807, 2.05) is 11.0 Å². The van der Waals surface area contributed by atoms with Gasteiger partial charge in [-0.25, -0.2) is 0 Å². The largest absolute Gasteiger partial charge is 0.489 e. The summed E-state index contributed by atoms with van der Waals surface area (Å²) < 4.78 is 6.02. The Morgan fingerprint density at radius 1 is 1.19 bits per heavy atom. The maximum absolute atomic E-state index is 12.6. The summed E-state index contributed by atoms with van der Waals surface area (Å²) in [6.45, 7) is 3.67. The Morgan fingerprint density at radius 2 is 1.96 bits per heavy atom. The predicted octanol–water partition coefficient (Wildman–Crippen LogP) is 4.56. The van der Waals surface area contributed by atoms with Gasteiger partial charge in [0.15, 0.2) is 0 Å². The van der Waals surface area contributed by atoms with Crippen LogP contribution >= 0.6 is 35.6 Å². The fourth-order valence-corrected chi connectivity index (χ4v) is 3.95. The molecule has 1 aromatic carbocycles. The number of hydrogen-bond donors (Lipinski definition) is 1. The van der Waals surface area contributed by atoms with Gasteiger partial charge in [0.1, 0.15) is 11.9 Å². The van der Waals surface area contributed by atoms with Crippen molar-refractivity contribution in [2.75, 3.05) is 26.2 Å². The van der Waals surface area contributed by atoms with E-state index in [0.29, 0.717) is 34.7 Å². The van der Waals surface area contributed by atoms with E-state index in [2.05, 4.69) is 5.32 Å². The quantitative estimate of drug-likeness (QED) is 0.757. The summed E-state index contributed by atoms with van der Waals surface area (Å²) in [5.41, 5.74) is 0. The van der Waals surface area contributed by atoms with Gasteiger partial charge >= 0.3 is 0 Å². The van der Waals surface area contributed by atoms with Gasteiger partial charge in [0.2, 0.25) is 5.91 Å². The Hall–Kier alpha value is -0.680. The maximum atomic E-state index is 12.6. The SMILES string of the molecule is Cl.O=C(CCC1CCNCC1)N1CCCC(Oc2ccc(Cl)c(Cl)c2)C1. The Labute approximate surface area is 172 Å². The van der Waals surface area contributed by atoms with E-state index >= 15 is 0 Å². The maximum Gasteiger partial charge on any atom is 0.222 e. The molecular formula is C19H27Cl3N2O2. The predicted molar refractivity (Wildman–Crippen MR) is 109 cm³/mol. The minimum absolute atomic E-state index is 0. The van der Waals surface area contributed by atoms with Gasteiger partial charge in [-0.1, -0.05) is 23.2 Å². The molecule has 0 spiro atoms. The number of likely N-dealkylation sites (tertiary alicyclic amines) is 1. The van der Waals surface area contributed by atoms with Crippen LogP contribution in [0.5, 0.6) is 5.75 Å². The Kier molecular flexibility index (Phi) is 8.82. The van der Waals surface area contributed by atoms with Crippen molar-refractivity contribution in [2.45, 2.75) is 44.6 Å². The van der Waals surface area contributed by atoms with Gasteiger partial charge in [0, 0.05) is 19.0 Å². The van der Waals surface area contributed by atoms with Crippen LogP contribution in [0.1, 0.15) is 38.5 Å². The zero-order valence-electron chi connectivity index (χ0n) is 14.9. The van der Waals surface area contributed by atoms with Crippen LogP contribution in [0.25, 0.3) is 0 Å². The minimum Gasteiger partial charge on any atom is -0.489 e. The number of benzene rings is 1. The Morgan fingerprint density at radius 3 is 2.69 bits per heavy atom. The molecule has 0 saturated carbocycles. The molecule has 4 nitrogen and oxygen atoms in total. The molecule has 1 unspecified atom stereocenters. The monoisotopic (exact) mass is 420 g/mol. The first-order valence-electron chi connectivity index (χ1n) is 9.22. The first-order chi connectivity index (χ1) is 12.1. The number of halogens is 3. The van der Waals surface area contributed by atoms with Crippen molar-refractivity contribution in [3.63, 3.8) is 0 Å². The number of rotatable bonds is 5. The number of carbonyl (C=O) groups excluding carboxylic acids is 1. The molecule has 0 aromatic heterocycles. The second kappa shape index (κ2) is 10.6. The summed E-state index contributed by atoms with van der Waals surface area (Å²) in [7, 11) is 0. The van der Waals surface area contributed by atoms with Crippen molar-refractivity contribution in [3.05, 3.63) is 28.2 Å². The van der Waals surface area contributed by atoms with E-state index < -0.39 is 0 Å². The molecule has 0 radical (unpaired) electrons. The average molecular weight is 422 g/mol. The number of nitrogens with zero attached hydrogens (tertiary/aromatic N) is 1. The zero-order valence-corrected chi connectivity index (χ0v) is 17.2. The lowest BCUT2D eigenvalue weighted by atomic mass is 9.93. The smallest absolute Gasteiger partial charge is 0.222 e. The summed E-state index contributed by atoms with van der Waals surface area (Å²) in [5.74, 6) is 1.67. The van der Waals surface area contributed by atoms with Crippen LogP contribution in [0.3, 0.4) is 0 Å². The standard InChI is InChI=1S/C19H26Cl2N2O2.ClH/c20-17-5-4-15(12-18(17)21)25-16-2-1-11-23(13-16)19(24)6-3-14-7-9-22-10-8-14;/h4-5,12,14,16,22H,1-3,6-11,13H2;1H. The van der Waals surface area contributed by atoms with Gasteiger partial charge in [-0.15, -0.1) is 12.4 Å². The molecule has 1 aromatic rings. The molecule has 26 heavy (non-hydrogen) atoms. The summed E-state index contributed by atoms with van der Waals surface area (Å²) in [5, 5.41) is 4.38. The Bertz CT molecular complexity index is 594. The van der Waals surface area contributed by atoms with E-state index in [9.17, 15) is 4.79 Å². The van der Waals surface area contributed by atoms with Crippen LogP contribution in [-0.4, -0.2) is 43.1 Å². The molecule has 1 N–H and O–H groups in total. The van der Waals surface area contributed by atoms with E-state index in [-0.39, 0.29) is 24.4 Å². The molecule has 3 rings (SSSR count). The van der Waals surface area contributed by atoms with Gasteiger partial charge in [0.05, 0.1) is 16.6 Å². The number of carbonyl (C=O) groups is 1. The molecule has 2 saturated heterocycles. The number of ether oxygens (including phenoxy) is 1. The molecule has 2 heterocycles. The van der Waals surface area contributed by atoms with Crippen LogP contribution in [0.15, 0.2) is 18.2 Å². The molecule has 2 fully saturated rings. The highest BCUT2D eigenvalue weighted by Gasteiger charge is 2.25. The van der Waals surface area contributed by atoms with Crippen LogP contribution in [0.2, 0.25) is 10.0 Å². The lowest BCUT2D eigenvalue weighted by Gasteiger charge is -2.33. The molecular weight excluding hydrogens is 395 g/mol. The van der Waals surface area contributed by atoms with Gasteiger partial charge in [-0.05, 0) is 63.2 Å². The van der Waals surface area contributed by atoms with Crippen molar-refractivity contribution in [1.29, 1.82) is 0 Å². The third-order valence-electron chi connectivity index (χ3n) is 5.15. The fourth-order valence-electron chi connectivity index (χ4n) is 3.66. The van der Waals surface area contributed by atoms with Gasteiger partial charge in [0.25, 0.3) is 0 Å². The summed E-state index contributed by atoms with van der Waals surface area (Å²) in [6, 6.07) is 5.30. The molecule has 1 atom stereocenters. The minimum atomic E-state index is 0. The molecule has 0 bridgehead atoms. The summed E-state index contributed by atoms with van der Waals surface area (Å²) in [4.78, 5) is 14.5. The third kappa shape index (κ3) is 6.19. The fraction of sp³-hybridized carbons (Fsp3) is 0.632. The molecule has 0 aliphatic carbocycles. The first kappa shape index (κ1) is 21.6. The van der Waals surface area contributed by atoms with Crippen LogP contribution in [-0.2, 0) is 4.79 Å². The van der Waals surface area contributed by atoms with Crippen LogP contribution in [0, 0.1) is 5.92 Å². The summed E-state index contributed by atoms with van der Waals surface area (Å²) in [6.07, 6.45) is 6.00. The highest BCUT2D eigenvalue weighted by Crippen LogP contribution is 2.28. The topological polar surface area (TPSA) is 41.6 Å². The molecule has 2 aliphatic rings. The van der Waals surface area contributed by atoms with Gasteiger partial charge in [-0.2, -0.15) is 0 Å². The highest BCUT2D eigenvalue weighted by molar-refractivity contribution is 6.42. The van der Waals surface area contributed by atoms with Crippen molar-refractivity contribution < 1.29 is 9.53 Å². The van der Waals surface area contributed by atoms with E-state index in [1.165, 1.54) is 12.8 Å². The lowest BCUT2D eigenvalue weighted by molar-refractivity contribution is -0.134. The molecule has 2 aliphatic heterocycles. The molecule has 146 valence electrons.